The largest absolute Gasteiger partial charge is 0.399 e. The monoisotopic (exact) mass is 338 g/mol. The van der Waals surface area contributed by atoms with Gasteiger partial charge in [0.15, 0.2) is 0 Å². The molecule has 1 heterocycles. The van der Waals surface area contributed by atoms with E-state index in [1.54, 1.807) is 55.6 Å². The summed E-state index contributed by atoms with van der Waals surface area (Å²) in [4.78, 5) is 37.3. The van der Waals surface area contributed by atoms with Gasteiger partial charge in [0.1, 0.15) is 0 Å². The first-order chi connectivity index (χ1) is 12.0. The van der Waals surface area contributed by atoms with Gasteiger partial charge in [0.2, 0.25) is 5.91 Å². The molecule has 0 fully saturated rings. The number of hydrogen-bond acceptors (Lipinski definition) is 5. The number of rotatable bonds is 4. The zero-order valence-corrected chi connectivity index (χ0v) is 13.7. The normalized spacial score (nSPS) is 10.8. The van der Waals surface area contributed by atoms with Crippen molar-refractivity contribution in [3.8, 4) is 0 Å². The van der Waals surface area contributed by atoms with Gasteiger partial charge in [-0.2, -0.15) is 4.57 Å². The van der Waals surface area contributed by atoms with E-state index >= 15 is 0 Å². The molecule has 0 saturated carbocycles. The van der Waals surface area contributed by atoms with Gasteiger partial charge >= 0.3 is 5.69 Å². The first-order valence-corrected chi connectivity index (χ1v) is 7.82. The summed E-state index contributed by atoms with van der Waals surface area (Å²) >= 11 is 0. The first-order valence-electron chi connectivity index (χ1n) is 7.82. The number of aryl methyl sites for hydroxylation is 1. The van der Waals surface area contributed by atoms with E-state index in [9.17, 15) is 14.4 Å². The fraction of sp³-hybridized carbons (Fsp3) is 0.167. The van der Waals surface area contributed by atoms with Crippen LogP contribution >= 0.6 is 0 Å². The fourth-order valence-electron chi connectivity index (χ4n) is 2.65. The van der Waals surface area contributed by atoms with Crippen LogP contribution in [0.3, 0.4) is 0 Å². The van der Waals surface area contributed by atoms with Gasteiger partial charge in [-0.1, -0.05) is 12.1 Å². The molecule has 0 amide bonds. The quantitative estimate of drug-likeness (QED) is 0.701. The number of nitrogen functional groups attached to an aromatic ring is 1. The van der Waals surface area contributed by atoms with Crippen LogP contribution in [0.1, 0.15) is 11.2 Å². The van der Waals surface area contributed by atoms with Gasteiger partial charge in [0.25, 0.3) is 5.56 Å². The van der Waals surface area contributed by atoms with Gasteiger partial charge in [-0.3, -0.25) is 14.2 Å². The number of carbonyl (C=O) groups is 1. The number of para-hydroxylation sites is 1. The number of fused-ring (bicyclic) bond motifs is 1. The average Bonchev–Trinajstić information content (AvgIpc) is 2.62. The maximum Gasteiger partial charge on any atom is 0.338 e. The Kier molecular flexibility index (Phi) is 4.38. The van der Waals surface area contributed by atoms with Crippen LogP contribution in [-0.4, -0.2) is 21.6 Å². The fourth-order valence-corrected chi connectivity index (χ4v) is 2.65. The number of carbonyl (C=O) groups excluding carboxylic acids is 1. The summed E-state index contributed by atoms with van der Waals surface area (Å²) in [7, 11) is 1.54. The Morgan fingerprint density at radius 2 is 1.76 bits per heavy atom. The predicted molar refractivity (Wildman–Crippen MR) is 98.0 cm³/mol. The number of nitrogens with two attached hydrogens (primary N) is 1. The zero-order chi connectivity index (χ0) is 18.0. The first kappa shape index (κ1) is 16.5. The highest BCUT2D eigenvalue weighted by Crippen LogP contribution is 2.10. The molecule has 3 aromatic rings. The molecule has 0 saturated heterocycles. The number of anilines is 2. The molecule has 0 radical (unpaired) electrons. The Balaban J connectivity index is 1.84. The minimum absolute atomic E-state index is 0.0118. The number of nitrogens with one attached hydrogen (secondary N) is 1. The molecule has 0 aliphatic carbocycles. The van der Waals surface area contributed by atoms with Crippen molar-refractivity contribution in [1.82, 2.24) is 9.13 Å². The molecule has 1 aromatic heterocycles. The van der Waals surface area contributed by atoms with Crippen LogP contribution in [0.15, 0.2) is 58.1 Å². The molecule has 0 spiro atoms. The molecule has 0 aliphatic heterocycles. The van der Waals surface area contributed by atoms with Gasteiger partial charge in [-0.05, 0) is 36.4 Å². The number of benzene rings is 2. The Morgan fingerprint density at radius 3 is 2.48 bits per heavy atom. The van der Waals surface area contributed by atoms with Crippen LogP contribution in [0.2, 0.25) is 0 Å². The second-order valence-electron chi connectivity index (χ2n) is 5.69. The van der Waals surface area contributed by atoms with E-state index < -0.39 is 17.2 Å². The van der Waals surface area contributed by atoms with Crippen molar-refractivity contribution in [2.24, 2.45) is 7.05 Å². The molecule has 0 bridgehead atoms. The molecular formula is C18H18N4O3. The third kappa shape index (κ3) is 3.16. The molecule has 3 N–H and O–H groups in total. The van der Waals surface area contributed by atoms with E-state index in [4.69, 9.17) is 5.73 Å². The van der Waals surface area contributed by atoms with Gasteiger partial charge in [-0.15, -0.1) is 0 Å². The lowest BCUT2D eigenvalue weighted by Gasteiger charge is -2.10. The number of nitrogens with zero attached hydrogens (tertiary/aromatic N) is 2. The van der Waals surface area contributed by atoms with E-state index in [-0.39, 0.29) is 6.42 Å². The second-order valence-corrected chi connectivity index (χ2v) is 5.69. The molecular weight excluding hydrogens is 320 g/mol. The lowest BCUT2D eigenvalue weighted by molar-refractivity contribution is 0.0896. The molecule has 128 valence electrons. The topological polar surface area (TPSA) is 99.1 Å². The van der Waals surface area contributed by atoms with Crippen LogP contribution in [0, 0.1) is 0 Å². The summed E-state index contributed by atoms with van der Waals surface area (Å²) in [5.41, 5.74) is 6.34. The maximum absolute atomic E-state index is 12.5. The van der Waals surface area contributed by atoms with Crippen molar-refractivity contribution in [2.75, 3.05) is 17.6 Å². The van der Waals surface area contributed by atoms with Crippen molar-refractivity contribution in [3.05, 3.63) is 69.4 Å². The van der Waals surface area contributed by atoms with Gasteiger partial charge in [0, 0.05) is 31.4 Å². The van der Waals surface area contributed by atoms with Crippen LogP contribution in [-0.2, 0) is 7.05 Å². The molecule has 7 nitrogen and oxygen atoms in total. The highest BCUT2D eigenvalue weighted by atomic mass is 16.2. The molecule has 7 heteroatoms. The summed E-state index contributed by atoms with van der Waals surface area (Å²) in [6.07, 6.45) is 0.0118. The molecule has 25 heavy (non-hydrogen) atoms. The summed E-state index contributed by atoms with van der Waals surface area (Å²) in [5.74, 6) is -0.542. The van der Waals surface area contributed by atoms with Crippen molar-refractivity contribution >= 4 is 28.2 Å². The highest BCUT2D eigenvalue weighted by molar-refractivity contribution is 5.84. The third-order valence-corrected chi connectivity index (χ3v) is 4.01. The Labute approximate surface area is 143 Å². The summed E-state index contributed by atoms with van der Waals surface area (Å²) in [5, 5.41) is 3.40. The number of hydrogen-bond donors (Lipinski definition) is 2. The minimum atomic E-state index is -0.638. The SMILES string of the molecule is Cn1c(=O)n(C(=O)CCNc2ccc(N)cc2)c(=O)c2ccccc21. The predicted octanol–water partition coefficient (Wildman–Crippen LogP) is 1.42. The molecule has 0 aliphatic rings. The molecule has 3 rings (SSSR count). The highest BCUT2D eigenvalue weighted by Gasteiger charge is 2.16. The van der Waals surface area contributed by atoms with Crippen molar-refractivity contribution in [1.29, 1.82) is 0 Å². The average molecular weight is 338 g/mol. The van der Waals surface area contributed by atoms with Crippen molar-refractivity contribution < 1.29 is 4.79 Å². The molecule has 2 aromatic carbocycles. The van der Waals surface area contributed by atoms with Crippen LogP contribution < -0.4 is 22.3 Å². The van der Waals surface area contributed by atoms with E-state index in [2.05, 4.69) is 5.32 Å². The Bertz CT molecular complexity index is 1050. The summed E-state index contributed by atoms with van der Waals surface area (Å²) < 4.78 is 2.01. The standard InChI is InChI=1S/C18H18N4O3/c1-21-15-5-3-2-4-14(15)17(24)22(18(21)25)16(23)10-11-20-13-8-6-12(19)7-9-13/h2-9,20H,10-11,19H2,1H3. The minimum Gasteiger partial charge on any atom is -0.399 e. The van der Waals surface area contributed by atoms with E-state index in [0.717, 1.165) is 5.69 Å². The summed E-state index contributed by atoms with van der Waals surface area (Å²) in [6.45, 7) is 0.297. The third-order valence-electron chi connectivity index (χ3n) is 4.01. The van der Waals surface area contributed by atoms with E-state index in [1.807, 2.05) is 0 Å². The lowest BCUT2D eigenvalue weighted by atomic mass is 10.2. The van der Waals surface area contributed by atoms with Crippen LogP contribution in [0.4, 0.5) is 11.4 Å². The smallest absolute Gasteiger partial charge is 0.338 e. The Morgan fingerprint density at radius 1 is 1.08 bits per heavy atom. The van der Waals surface area contributed by atoms with Crippen LogP contribution in [0.5, 0.6) is 0 Å². The molecule has 0 atom stereocenters. The zero-order valence-electron chi connectivity index (χ0n) is 13.7. The lowest BCUT2D eigenvalue weighted by Crippen LogP contribution is -2.43. The van der Waals surface area contributed by atoms with Crippen molar-refractivity contribution in [2.45, 2.75) is 6.42 Å². The Hall–Kier alpha value is -3.35. The van der Waals surface area contributed by atoms with Crippen molar-refractivity contribution in [3.63, 3.8) is 0 Å². The van der Waals surface area contributed by atoms with Gasteiger partial charge in [-0.25, -0.2) is 4.79 Å². The van der Waals surface area contributed by atoms with E-state index in [0.29, 0.717) is 27.7 Å². The molecule has 0 unspecified atom stereocenters. The van der Waals surface area contributed by atoms with Gasteiger partial charge in [0.05, 0.1) is 10.9 Å². The van der Waals surface area contributed by atoms with E-state index in [1.165, 1.54) is 4.57 Å². The maximum atomic E-state index is 12.5. The summed E-state index contributed by atoms with van der Waals surface area (Å²) in [6, 6.07) is 13.8. The number of aromatic nitrogens is 2. The van der Waals surface area contributed by atoms with Crippen LogP contribution in [0.25, 0.3) is 10.9 Å². The second kappa shape index (κ2) is 6.64. The van der Waals surface area contributed by atoms with Gasteiger partial charge < -0.3 is 11.1 Å².